The fraction of sp³-hybridized carbons (Fsp3) is 0. The van der Waals surface area contributed by atoms with Gasteiger partial charge in [0.1, 0.15) is 0 Å². The van der Waals surface area contributed by atoms with Gasteiger partial charge in [-0.15, -0.1) is 0 Å². The minimum Gasteiger partial charge on any atom is -0.256 e. The molecule has 4 aromatic rings. The maximum atomic E-state index is 4.67. The molecule has 0 aliphatic heterocycles. The summed E-state index contributed by atoms with van der Waals surface area (Å²) in [5, 5.41) is 2.21. The highest BCUT2D eigenvalue weighted by Crippen LogP contribution is 2.23. The first kappa shape index (κ1) is 9.48. The van der Waals surface area contributed by atoms with E-state index in [9.17, 15) is 0 Å². The fourth-order valence-electron chi connectivity index (χ4n) is 2.27. The number of nitrogens with zero attached hydrogens (tertiary/aromatic N) is 3. The van der Waals surface area contributed by atoms with Crippen LogP contribution in [0.15, 0.2) is 54.9 Å². The quantitative estimate of drug-likeness (QED) is 0.466. The van der Waals surface area contributed by atoms with Crippen molar-refractivity contribution in [3.8, 4) is 0 Å². The van der Waals surface area contributed by atoms with Gasteiger partial charge < -0.3 is 0 Å². The van der Waals surface area contributed by atoms with Crippen molar-refractivity contribution in [2.24, 2.45) is 0 Å². The van der Waals surface area contributed by atoms with Crippen molar-refractivity contribution in [1.29, 1.82) is 0 Å². The average Bonchev–Trinajstić information content (AvgIpc) is 2.79. The lowest BCUT2D eigenvalue weighted by atomic mass is 10.2. The van der Waals surface area contributed by atoms with Crippen molar-refractivity contribution >= 4 is 32.8 Å². The van der Waals surface area contributed by atoms with Gasteiger partial charge >= 0.3 is 0 Å². The Bertz CT molecular complexity index is 884. The molecular formula is C15H9N3. The van der Waals surface area contributed by atoms with Gasteiger partial charge in [-0.2, -0.15) is 0 Å². The molecule has 0 amide bonds. The summed E-state index contributed by atoms with van der Waals surface area (Å²) in [6.45, 7) is 0. The molecule has 0 aliphatic rings. The molecule has 18 heavy (non-hydrogen) atoms. The van der Waals surface area contributed by atoms with Crippen molar-refractivity contribution in [1.82, 2.24) is 15.0 Å². The van der Waals surface area contributed by atoms with Crippen LogP contribution >= 0.6 is 0 Å². The van der Waals surface area contributed by atoms with Crippen LogP contribution < -0.4 is 0 Å². The largest absolute Gasteiger partial charge is 0.256 e. The third-order valence-electron chi connectivity index (χ3n) is 3.15. The molecule has 4 rings (SSSR count). The van der Waals surface area contributed by atoms with Gasteiger partial charge in [0, 0.05) is 23.2 Å². The molecule has 3 nitrogen and oxygen atoms in total. The van der Waals surface area contributed by atoms with Crippen LogP contribution in [0.5, 0.6) is 0 Å². The summed E-state index contributed by atoms with van der Waals surface area (Å²) in [4.78, 5) is 13.4. The van der Waals surface area contributed by atoms with Gasteiger partial charge in [-0.05, 0) is 36.4 Å². The Hall–Kier alpha value is -2.55. The lowest BCUT2D eigenvalue weighted by Crippen LogP contribution is -1.77. The molecule has 0 N–H and O–H groups in total. The van der Waals surface area contributed by atoms with Gasteiger partial charge in [-0.1, -0.05) is 6.07 Å². The summed E-state index contributed by atoms with van der Waals surface area (Å²) in [5.41, 5.74) is 3.75. The minimum atomic E-state index is 0.897. The standard InChI is InChI=1S/C15H9N3/c1-2-14-13(16-8-1)6-4-11-12(18-14)5-3-10-7-9-17-15(10)11/h1-9H. The van der Waals surface area contributed by atoms with E-state index in [-0.39, 0.29) is 0 Å². The second kappa shape index (κ2) is 3.47. The van der Waals surface area contributed by atoms with Crippen LogP contribution in [0.4, 0.5) is 0 Å². The Balaban J connectivity index is 2.29. The Labute approximate surface area is 103 Å². The van der Waals surface area contributed by atoms with E-state index in [1.165, 1.54) is 0 Å². The van der Waals surface area contributed by atoms with E-state index in [0.717, 1.165) is 32.8 Å². The van der Waals surface area contributed by atoms with E-state index in [2.05, 4.69) is 21.0 Å². The fourth-order valence-corrected chi connectivity index (χ4v) is 2.27. The Kier molecular flexibility index (Phi) is 1.83. The number of fused-ring (bicyclic) bond motifs is 4. The molecule has 3 aromatic heterocycles. The molecule has 3 heteroatoms. The number of benzene rings is 1. The van der Waals surface area contributed by atoms with Crippen molar-refractivity contribution in [2.45, 2.75) is 0 Å². The summed E-state index contributed by atoms with van der Waals surface area (Å²) in [5.74, 6) is 0. The molecule has 84 valence electrons. The summed E-state index contributed by atoms with van der Waals surface area (Å²) in [7, 11) is 0. The van der Waals surface area contributed by atoms with Gasteiger partial charge in [0.25, 0.3) is 0 Å². The molecule has 0 unspecified atom stereocenters. The smallest absolute Gasteiger partial charge is 0.0894 e. The zero-order chi connectivity index (χ0) is 11.9. The molecular weight excluding hydrogens is 222 g/mol. The van der Waals surface area contributed by atoms with Gasteiger partial charge in [-0.25, -0.2) is 4.98 Å². The number of aromatic nitrogens is 3. The Morgan fingerprint density at radius 3 is 2.61 bits per heavy atom. The second-order valence-electron chi connectivity index (χ2n) is 4.23. The molecule has 0 radical (unpaired) electrons. The minimum absolute atomic E-state index is 0.897. The van der Waals surface area contributed by atoms with Crippen LogP contribution in [0, 0.1) is 0 Å². The van der Waals surface area contributed by atoms with Crippen molar-refractivity contribution < 1.29 is 0 Å². The van der Waals surface area contributed by atoms with E-state index in [1.807, 2.05) is 42.6 Å². The summed E-state index contributed by atoms with van der Waals surface area (Å²) in [6.07, 6.45) is 3.61. The molecule has 0 spiro atoms. The predicted octanol–water partition coefficient (Wildman–Crippen LogP) is 3.33. The summed E-state index contributed by atoms with van der Waals surface area (Å²) >= 11 is 0. The molecule has 1 aromatic carbocycles. The third kappa shape index (κ3) is 1.27. The first-order valence-electron chi connectivity index (χ1n) is 5.81. The van der Waals surface area contributed by atoms with E-state index in [0.29, 0.717) is 0 Å². The van der Waals surface area contributed by atoms with E-state index >= 15 is 0 Å². The molecule has 0 fully saturated rings. The number of rotatable bonds is 0. The second-order valence-corrected chi connectivity index (χ2v) is 4.23. The molecule has 3 heterocycles. The molecule has 0 saturated heterocycles. The predicted molar refractivity (Wildman–Crippen MR) is 72.3 cm³/mol. The molecule has 0 saturated carbocycles. The molecule has 0 atom stereocenters. The monoisotopic (exact) mass is 231 g/mol. The average molecular weight is 231 g/mol. The van der Waals surface area contributed by atoms with Gasteiger partial charge in [-0.3, -0.25) is 9.97 Å². The highest BCUT2D eigenvalue weighted by atomic mass is 14.7. The maximum absolute atomic E-state index is 4.67. The maximum Gasteiger partial charge on any atom is 0.0894 e. The van der Waals surface area contributed by atoms with Crippen LogP contribution in [0.3, 0.4) is 0 Å². The van der Waals surface area contributed by atoms with Gasteiger partial charge in [0.05, 0.1) is 22.1 Å². The van der Waals surface area contributed by atoms with Crippen LogP contribution in [0.25, 0.3) is 32.8 Å². The topological polar surface area (TPSA) is 38.7 Å². The highest BCUT2D eigenvalue weighted by Gasteiger charge is 2.03. The summed E-state index contributed by atoms with van der Waals surface area (Å²) in [6, 6.07) is 14.0. The zero-order valence-electron chi connectivity index (χ0n) is 9.54. The molecule has 0 bridgehead atoms. The normalized spacial score (nSPS) is 11.3. The Morgan fingerprint density at radius 1 is 0.667 bits per heavy atom. The van der Waals surface area contributed by atoms with Crippen molar-refractivity contribution in [3.05, 3.63) is 54.9 Å². The number of hydrogen-bond donors (Lipinski definition) is 0. The number of pyridine rings is 1. The number of hydrogen-bond acceptors (Lipinski definition) is 3. The lowest BCUT2D eigenvalue weighted by molar-refractivity contribution is 1.39. The van der Waals surface area contributed by atoms with Crippen LogP contribution in [-0.4, -0.2) is 15.0 Å². The third-order valence-corrected chi connectivity index (χ3v) is 3.15. The lowest BCUT2D eigenvalue weighted by Gasteiger charge is -1.93. The molecule has 0 aliphatic carbocycles. The zero-order valence-corrected chi connectivity index (χ0v) is 9.54. The Morgan fingerprint density at radius 2 is 1.61 bits per heavy atom. The van der Waals surface area contributed by atoms with Gasteiger partial charge in [0.15, 0.2) is 0 Å². The first-order valence-corrected chi connectivity index (χ1v) is 5.81. The van der Waals surface area contributed by atoms with Crippen LogP contribution in [-0.2, 0) is 0 Å². The van der Waals surface area contributed by atoms with Gasteiger partial charge in [0.2, 0.25) is 0 Å². The van der Waals surface area contributed by atoms with E-state index < -0.39 is 0 Å². The van der Waals surface area contributed by atoms with E-state index in [4.69, 9.17) is 0 Å². The van der Waals surface area contributed by atoms with Crippen molar-refractivity contribution in [3.63, 3.8) is 0 Å². The highest BCUT2D eigenvalue weighted by molar-refractivity contribution is 6.04. The first-order chi connectivity index (χ1) is 8.92. The van der Waals surface area contributed by atoms with Crippen molar-refractivity contribution in [2.75, 3.05) is 0 Å². The SMILES string of the molecule is c1cnc2ccc3c(ccc4ccnc43)nc2c1. The van der Waals surface area contributed by atoms with Crippen LogP contribution in [0.1, 0.15) is 0 Å². The van der Waals surface area contributed by atoms with E-state index in [1.54, 1.807) is 6.20 Å². The van der Waals surface area contributed by atoms with Crippen LogP contribution in [0.2, 0.25) is 0 Å². The summed E-state index contributed by atoms with van der Waals surface area (Å²) < 4.78 is 0.